The lowest BCUT2D eigenvalue weighted by Crippen LogP contribution is -2.45. The Morgan fingerprint density at radius 1 is 1.09 bits per heavy atom. The number of nitrogens with zero attached hydrogens (tertiary/aromatic N) is 4. The van der Waals surface area contributed by atoms with Gasteiger partial charge in [-0.3, -0.25) is 4.40 Å². The molecule has 2 aromatic heterocycles. The van der Waals surface area contributed by atoms with Gasteiger partial charge in [-0.25, -0.2) is 4.79 Å². The molecule has 2 aromatic rings. The van der Waals surface area contributed by atoms with Crippen molar-refractivity contribution >= 4 is 11.7 Å². The van der Waals surface area contributed by atoms with Crippen LogP contribution in [0.4, 0.5) is 4.79 Å². The average Bonchev–Trinajstić information content (AvgIpc) is 3.22. The van der Waals surface area contributed by atoms with Gasteiger partial charge in [0.2, 0.25) is 0 Å². The Hall–Kier alpha value is -2.11. The minimum absolute atomic E-state index is 0.0241. The van der Waals surface area contributed by atoms with Crippen LogP contribution in [0.1, 0.15) is 56.8 Å². The van der Waals surface area contributed by atoms with E-state index in [0.29, 0.717) is 6.04 Å². The number of aromatic nitrogens is 3. The van der Waals surface area contributed by atoms with Gasteiger partial charge in [-0.2, -0.15) is 0 Å². The molecule has 1 aliphatic heterocycles. The summed E-state index contributed by atoms with van der Waals surface area (Å²) in [6.45, 7) is 0.797. The van der Waals surface area contributed by atoms with Gasteiger partial charge in [0, 0.05) is 18.8 Å². The highest BCUT2D eigenvalue weighted by atomic mass is 16.2. The highest BCUT2D eigenvalue weighted by Crippen LogP contribution is 2.31. The summed E-state index contributed by atoms with van der Waals surface area (Å²) >= 11 is 0. The molecule has 4 rings (SSSR count). The van der Waals surface area contributed by atoms with Crippen molar-refractivity contribution in [1.29, 1.82) is 0 Å². The van der Waals surface area contributed by atoms with Gasteiger partial charge in [-0.05, 0) is 37.8 Å². The zero-order valence-corrected chi connectivity index (χ0v) is 13.3. The SMILES string of the molecule is O=C(NC1CCCCC1)N1CCC[C@H]1c1nnc2ccccn12. The summed E-state index contributed by atoms with van der Waals surface area (Å²) in [5, 5.41) is 11.8. The second kappa shape index (κ2) is 6.18. The number of hydrogen-bond donors (Lipinski definition) is 1. The smallest absolute Gasteiger partial charge is 0.318 e. The summed E-state index contributed by atoms with van der Waals surface area (Å²) in [6, 6.07) is 6.30. The molecule has 0 spiro atoms. The topological polar surface area (TPSA) is 62.5 Å². The molecule has 1 atom stereocenters. The van der Waals surface area contributed by atoms with Crippen LogP contribution >= 0.6 is 0 Å². The molecular formula is C17H23N5O. The maximum Gasteiger partial charge on any atom is 0.318 e. The molecule has 122 valence electrons. The normalized spacial score (nSPS) is 22.6. The first-order valence-corrected chi connectivity index (χ1v) is 8.70. The number of carbonyl (C=O) groups is 1. The van der Waals surface area contributed by atoms with E-state index in [0.717, 1.165) is 43.7 Å². The van der Waals surface area contributed by atoms with Crippen LogP contribution in [0.15, 0.2) is 24.4 Å². The summed E-state index contributed by atoms with van der Waals surface area (Å²) in [6.07, 6.45) is 9.91. The molecule has 1 saturated heterocycles. The Balaban J connectivity index is 1.53. The van der Waals surface area contributed by atoms with Crippen LogP contribution in [0.2, 0.25) is 0 Å². The van der Waals surface area contributed by atoms with Gasteiger partial charge in [-0.15, -0.1) is 10.2 Å². The van der Waals surface area contributed by atoms with Crippen molar-refractivity contribution in [2.24, 2.45) is 0 Å². The fourth-order valence-corrected chi connectivity index (χ4v) is 3.87. The van der Waals surface area contributed by atoms with Gasteiger partial charge in [0.1, 0.15) is 0 Å². The maximum absolute atomic E-state index is 12.7. The highest BCUT2D eigenvalue weighted by molar-refractivity contribution is 5.75. The fraction of sp³-hybridized carbons (Fsp3) is 0.588. The Morgan fingerprint density at radius 3 is 2.83 bits per heavy atom. The molecule has 2 aliphatic rings. The third-order valence-corrected chi connectivity index (χ3v) is 5.08. The molecular weight excluding hydrogens is 290 g/mol. The van der Waals surface area contributed by atoms with Gasteiger partial charge >= 0.3 is 6.03 Å². The molecule has 0 unspecified atom stereocenters. The number of amides is 2. The largest absolute Gasteiger partial charge is 0.335 e. The zero-order valence-electron chi connectivity index (χ0n) is 13.3. The van der Waals surface area contributed by atoms with Crippen LogP contribution in [-0.2, 0) is 0 Å². The fourth-order valence-electron chi connectivity index (χ4n) is 3.87. The average molecular weight is 313 g/mol. The summed E-state index contributed by atoms with van der Waals surface area (Å²) in [5.74, 6) is 0.872. The van der Waals surface area contributed by atoms with Crippen molar-refractivity contribution < 1.29 is 4.79 Å². The third-order valence-electron chi connectivity index (χ3n) is 5.08. The monoisotopic (exact) mass is 313 g/mol. The molecule has 6 heteroatoms. The van der Waals surface area contributed by atoms with E-state index < -0.39 is 0 Å². The zero-order chi connectivity index (χ0) is 15.6. The van der Waals surface area contributed by atoms with Gasteiger partial charge in [-0.1, -0.05) is 25.3 Å². The second-order valence-corrected chi connectivity index (χ2v) is 6.62. The molecule has 0 aromatic carbocycles. The molecule has 6 nitrogen and oxygen atoms in total. The van der Waals surface area contributed by atoms with E-state index in [2.05, 4.69) is 15.5 Å². The van der Waals surface area contributed by atoms with Crippen molar-refractivity contribution in [1.82, 2.24) is 24.8 Å². The van der Waals surface area contributed by atoms with Crippen molar-refractivity contribution in [3.8, 4) is 0 Å². The molecule has 1 aliphatic carbocycles. The Labute approximate surface area is 135 Å². The summed E-state index contributed by atoms with van der Waals surface area (Å²) in [7, 11) is 0. The molecule has 0 bridgehead atoms. The van der Waals surface area contributed by atoms with Crippen molar-refractivity contribution in [3.05, 3.63) is 30.2 Å². The number of carbonyl (C=O) groups excluding carboxylic acids is 1. The van der Waals surface area contributed by atoms with Crippen molar-refractivity contribution in [3.63, 3.8) is 0 Å². The molecule has 23 heavy (non-hydrogen) atoms. The van der Waals surface area contributed by atoms with Crippen LogP contribution in [0.25, 0.3) is 5.65 Å². The Kier molecular flexibility index (Phi) is 3.89. The molecule has 2 amide bonds. The minimum Gasteiger partial charge on any atom is -0.335 e. The van der Waals surface area contributed by atoms with Crippen LogP contribution < -0.4 is 5.32 Å². The quantitative estimate of drug-likeness (QED) is 0.927. The lowest BCUT2D eigenvalue weighted by Gasteiger charge is -2.28. The van der Waals surface area contributed by atoms with Gasteiger partial charge in [0.25, 0.3) is 0 Å². The first kappa shape index (κ1) is 14.5. The lowest BCUT2D eigenvalue weighted by atomic mass is 9.96. The number of pyridine rings is 1. The summed E-state index contributed by atoms with van der Waals surface area (Å²) in [5.41, 5.74) is 0.835. The first-order valence-electron chi connectivity index (χ1n) is 8.70. The van der Waals surface area contributed by atoms with E-state index in [1.54, 1.807) is 0 Å². The molecule has 1 N–H and O–H groups in total. The number of likely N-dealkylation sites (tertiary alicyclic amines) is 1. The number of nitrogens with one attached hydrogen (secondary N) is 1. The summed E-state index contributed by atoms with van der Waals surface area (Å²) < 4.78 is 2.00. The number of rotatable bonds is 2. The molecule has 2 fully saturated rings. The molecule has 0 radical (unpaired) electrons. The van der Waals surface area contributed by atoms with Crippen LogP contribution in [0, 0.1) is 0 Å². The van der Waals surface area contributed by atoms with Crippen molar-refractivity contribution in [2.75, 3.05) is 6.54 Å². The van der Waals surface area contributed by atoms with Crippen LogP contribution in [-0.4, -0.2) is 38.1 Å². The second-order valence-electron chi connectivity index (χ2n) is 6.62. The number of hydrogen-bond acceptors (Lipinski definition) is 3. The van der Waals surface area contributed by atoms with Crippen molar-refractivity contribution in [2.45, 2.75) is 57.0 Å². The van der Waals surface area contributed by atoms with Gasteiger partial charge in [0.05, 0.1) is 6.04 Å². The highest BCUT2D eigenvalue weighted by Gasteiger charge is 2.34. The Bertz CT molecular complexity index is 691. The van der Waals surface area contributed by atoms with Crippen LogP contribution in [0.5, 0.6) is 0 Å². The van der Waals surface area contributed by atoms with E-state index >= 15 is 0 Å². The maximum atomic E-state index is 12.7. The Morgan fingerprint density at radius 2 is 1.96 bits per heavy atom. The lowest BCUT2D eigenvalue weighted by molar-refractivity contribution is 0.183. The van der Waals surface area contributed by atoms with Crippen LogP contribution in [0.3, 0.4) is 0 Å². The number of fused-ring (bicyclic) bond motifs is 1. The molecule has 1 saturated carbocycles. The van der Waals surface area contributed by atoms with E-state index in [-0.39, 0.29) is 12.1 Å². The first-order chi connectivity index (χ1) is 11.3. The minimum atomic E-state index is 0.0241. The predicted octanol–water partition coefficient (Wildman–Crippen LogP) is 2.91. The predicted molar refractivity (Wildman–Crippen MR) is 87.1 cm³/mol. The molecule has 3 heterocycles. The summed E-state index contributed by atoms with van der Waals surface area (Å²) in [4.78, 5) is 14.7. The van der Waals surface area contributed by atoms with E-state index in [4.69, 9.17) is 0 Å². The van der Waals surface area contributed by atoms with Gasteiger partial charge < -0.3 is 10.2 Å². The van der Waals surface area contributed by atoms with E-state index in [1.165, 1.54) is 19.3 Å². The van der Waals surface area contributed by atoms with E-state index in [1.807, 2.05) is 33.7 Å². The number of urea groups is 1. The standard InChI is InChI=1S/C17H23N5O/c23-17(18-13-7-2-1-3-8-13)21-12-6-9-14(21)16-20-19-15-10-4-5-11-22(15)16/h4-5,10-11,13-14H,1-3,6-9,12H2,(H,18,23)/t14-/m0/s1. The van der Waals surface area contributed by atoms with Gasteiger partial charge in [0.15, 0.2) is 11.5 Å². The van der Waals surface area contributed by atoms with E-state index in [9.17, 15) is 4.79 Å². The third kappa shape index (κ3) is 2.78.